The first-order valence-corrected chi connectivity index (χ1v) is 11.2. The number of unbranched alkanes of at least 4 members (excludes halogenated alkanes) is 2. The summed E-state index contributed by atoms with van der Waals surface area (Å²) in [5, 5.41) is 32.0. The zero-order valence-corrected chi connectivity index (χ0v) is 18.4. The molecule has 31 heavy (non-hydrogen) atoms. The number of carboxylic acids is 2. The Hall–Kier alpha value is -2.18. The van der Waals surface area contributed by atoms with Gasteiger partial charge >= 0.3 is 11.9 Å². The number of nitrogens with two attached hydrogens (primary N) is 1. The van der Waals surface area contributed by atoms with Gasteiger partial charge < -0.3 is 36.5 Å². The lowest BCUT2D eigenvalue weighted by Crippen LogP contribution is -2.50. The molecule has 0 unspecified atom stereocenters. The molecule has 0 aromatic rings. The van der Waals surface area contributed by atoms with Crippen LogP contribution in [0.25, 0.3) is 0 Å². The Balaban J connectivity index is 5.02. The van der Waals surface area contributed by atoms with Crippen LogP contribution in [0.15, 0.2) is 0 Å². The van der Waals surface area contributed by atoms with Crippen LogP contribution in [0, 0.1) is 0 Å². The maximum atomic E-state index is 12.3. The molecule has 0 radical (unpaired) electrons. The highest BCUT2D eigenvalue weighted by Gasteiger charge is 2.26. The largest absolute Gasteiger partial charge is 0.480 e. The number of aliphatic hydroxyl groups is 1. The summed E-state index contributed by atoms with van der Waals surface area (Å²) in [6, 6.07) is -2.36. The Bertz CT molecular complexity index is 605. The Labute approximate surface area is 185 Å². The summed E-state index contributed by atoms with van der Waals surface area (Å²) in [4.78, 5) is 56.9. The van der Waals surface area contributed by atoms with Gasteiger partial charge in [-0.3, -0.25) is 19.2 Å². The predicted octanol–water partition coefficient (Wildman–Crippen LogP) is -0.504. The van der Waals surface area contributed by atoms with Crippen molar-refractivity contribution in [2.24, 2.45) is 5.73 Å². The van der Waals surface area contributed by atoms with Gasteiger partial charge in [-0.2, -0.15) is 11.8 Å². The second-order valence-electron chi connectivity index (χ2n) is 7.05. The van der Waals surface area contributed by atoms with Crippen molar-refractivity contribution in [3.8, 4) is 0 Å². The molecule has 0 fully saturated rings. The number of aliphatic carboxylic acids is 2. The van der Waals surface area contributed by atoms with Crippen molar-refractivity contribution in [3.63, 3.8) is 0 Å². The van der Waals surface area contributed by atoms with Crippen LogP contribution in [0.5, 0.6) is 0 Å². The molecule has 0 aromatic heterocycles. The van der Waals surface area contributed by atoms with Crippen molar-refractivity contribution in [2.45, 2.75) is 75.3 Å². The molecule has 0 heterocycles. The average Bonchev–Trinajstić information content (AvgIpc) is 2.71. The molecule has 12 heteroatoms. The van der Waals surface area contributed by atoms with Crippen LogP contribution in [-0.2, 0) is 24.0 Å². The third-order valence-corrected chi connectivity index (χ3v) is 5.86. The van der Waals surface area contributed by atoms with E-state index in [4.69, 9.17) is 15.9 Å². The van der Waals surface area contributed by atoms with Gasteiger partial charge in [0.25, 0.3) is 0 Å². The molecular weight excluding hydrogens is 430 g/mol. The van der Waals surface area contributed by atoms with E-state index in [-0.39, 0.29) is 25.0 Å². The Morgan fingerprint density at radius 2 is 1.81 bits per heavy atom. The molecule has 0 aromatic carbocycles. The number of carboxylic acid groups (broad SMARTS) is 2. The second-order valence-corrected chi connectivity index (χ2v) is 8.32. The summed E-state index contributed by atoms with van der Waals surface area (Å²) in [7, 11) is 0. The average molecular weight is 464 g/mol. The summed E-state index contributed by atoms with van der Waals surface area (Å²) in [6.45, 7) is 1.38. The molecule has 7 N–H and O–H groups in total. The van der Waals surface area contributed by atoms with Gasteiger partial charge in [-0.05, 0) is 12.8 Å². The lowest BCUT2D eigenvalue weighted by Gasteiger charge is -2.24. The fourth-order valence-electron chi connectivity index (χ4n) is 2.59. The fourth-order valence-corrected chi connectivity index (χ4v) is 3.83. The topological polar surface area (TPSA) is 196 Å². The van der Waals surface area contributed by atoms with Gasteiger partial charge in [-0.25, -0.2) is 0 Å². The maximum absolute atomic E-state index is 12.3. The molecule has 0 rings (SSSR count). The SMILES string of the molecule is CCCCC[C@H](O)[C@@H](CC=O)SC[C@H](NC(=O)CC[C@H](N)C(=O)O)C(=O)NCC(=O)O. The molecular formula is C19H33N3O8S. The molecule has 4 atom stereocenters. The first kappa shape index (κ1) is 28.8. The van der Waals surface area contributed by atoms with Crippen molar-refractivity contribution in [3.05, 3.63) is 0 Å². The van der Waals surface area contributed by atoms with E-state index in [1.54, 1.807) is 0 Å². The van der Waals surface area contributed by atoms with Gasteiger partial charge in [0.1, 0.15) is 24.9 Å². The van der Waals surface area contributed by atoms with Crippen LogP contribution < -0.4 is 16.4 Å². The van der Waals surface area contributed by atoms with E-state index in [2.05, 4.69) is 10.6 Å². The maximum Gasteiger partial charge on any atom is 0.322 e. The van der Waals surface area contributed by atoms with E-state index in [1.165, 1.54) is 0 Å². The number of aldehydes is 1. The Morgan fingerprint density at radius 3 is 2.35 bits per heavy atom. The quantitative estimate of drug-likeness (QED) is 0.114. The second kappa shape index (κ2) is 16.5. The van der Waals surface area contributed by atoms with Crippen molar-refractivity contribution in [1.82, 2.24) is 10.6 Å². The first-order valence-electron chi connectivity index (χ1n) is 10.1. The van der Waals surface area contributed by atoms with E-state index < -0.39 is 53.7 Å². The predicted molar refractivity (Wildman–Crippen MR) is 114 cm³/mol. The summed E-state index contributed by atoms with van der Waals surface area (Å²) < 4.78 is 0. The highest BCUT2D eigenvalue weighted by atomic mass is 32.2. The number of thioether (sulfide) groups is 1. The number of hydrogen-bond donors (Lipinski definition) is 6. The zero-order valence-electron chi connectivity index (χ0n) is 17.6. The van der Waals surface area contributed by atoms with Crippen molar-refractivity contribution in [1.29, 1.82) is 0 Å². The van der Waals surface area contributed by atoms with E-state index in [9.17, 15) is 29.1 Å². The summed E-state index contributed by atoms with van der Waals surface area (Å²) in [5.41, 5.74) is 5.36. The van der Waals surface area contributed by atoms with Crippen molar-refractivity contribution >= 4 is 41.8 Å². The van der Waals surface area contributed by atoms with Crippen LogP contribution in [-0.4, -0.2) is 81.1 Å². The smallest absolute Gasteiger partial charge is 0.322 e. The van der Waals surface area contributed by atoms with Gasteiger partial charge in [0.15, 0.2) is 0 Å². The molecule has 0 aliphatic heterocycles. The lowest BCUT2D eigenvalue weighted by atomic mass is 10.1. The minimum absolute atomic E-state index is 0.00841. The number of carbonyl (C=O) groups excluding carboxylic acids is 3. The molecule has 0 bridgehead atoms. The molecule has 0 aliphatic rings. The van der Waals surface area contributed by atoms with Gasteiger partial charge in [0.05, 0.1) is 6.10 Å². The fraction of sp³-hybridized carbons (Fsp3) is 0.737. The van der Waals surface area contributed by atoms with E-state index in [0.717, 1.165) is 31.0 Å². The van der Waals surface area contributed by atoms with Crippen LogP contribution in [0.4, 0.5) is 0 Å². The number of carbonyl (C=O) groups is 5. The van der Waals surface area contributed by atoms with E-state index in [1.807, 2.05) is 6.92 Å². The lowest BCUT2D eigenvalue weighted by molar-refractivity contribution is -0.139. The van der Waals surface area contributed by atoms with Crippen molar-refractivity contribution < 1.29 is 39.3 Å². The number of amides is 2. The van der Waals surface area contributed by atoms with E-state index in [0.29, 0.717) is 12.7 Å². The summed E-state index contributed by atoms with van der Waals surface area (Å²) in [5.74, 6) is -3.89. The molecule has 0 aliphatic carbocycles. The van der Waals surface area contributed by atoms with Crippen LogP contribution in [0.2, 0.25) is 0 Å². The molecule has 178 valence electrons. The van der Waals surface area contributed by atoms with Crippen LogP contribution in [0.1, 0.15) is 51.9 Å². The summed E-state index contributed by atoms with van der Waals surface area (Å²) >= 11 is 1.13. The summed E-state index contributed by atoms with van der Waals surface area (Å²) in [6.07, 6.45) is 2.78. The normalized spacial score (nSPS) is 14.7. The van der Waals surface area contributed by atoms with Gasteiger partial charge in [-0.1, -0.05) is 26.2 Å². The van der Waals surface area contributed by atoms with Crippen LogP contribution >= 0.6 is 11.8 Å². The number of aliphatic hydroxyl groups excluding tert-OH is 1. The number of nitrogens with one attached hydrogen (secondary N) is 2. The monoisotopic (exact) mass is 463 g/mol. The van der Waals surface area contributed by atoms with Gasteiger partial charge in [0.2, 0.25) is 11.8 Å². The van der Waals surface area contributed by atoms with Gasteiger partial charge in [0, 0.05) is 23.8 Å². The minimum atomic E-state index is -1.26. The molecule has 11 nitrogen and oxygen atoms in total. The number of rotatable bonds is 18. The molecule has 2 amide bonds. The third kappa shape index (κ3) is 13.7. The standard InChI is InChI=1S/C19H33N3O8S/c1-2-3-4-5-14(24)15(8-9-23)31-11-13(18(28)21-10-17(26)27)22-16(25)7-6-12(20)19(29)30/h9,12-15,24H,2-8,10-11,20H2,1H3,(H,21,28)(H,22,25)(H,26,27)(H,29,30)/t12-,13-,14-,15+/m0/s1. The highest BCUT2D eigenvalue weighted by molar-refractivity contribution is 8.00. The number of hydrogen-bond acceptors (Lipinski definition) is 8. The molecule has 0 saturated heterocycles. The zero-order chi connectivity index (χ0) is 23.8. The minimum Gasteiger partial charge on any atom is -0.480 e. The Kier molecular flexibility index (Phi) is 15.3. The highest BCUT2D eigenvalue weighted by Crippen LogP contribution is 2.22. The molecule has 0 spiro atoms. The van der Waals surface area contributed by atoms with Crippen molar-refractivity contribution in [2.75, 3.05) is 12.3 Å². The molecule has 0 saturated carbocycles. The third-order valence-electron chi connectivity index (χ3n) is 4.40. The van der Waals surface area contributed by atoms with E-state index >= 15 is 0 Å². The van der Waals surface area contributed by atoms with Gasteiger partial charge in [-0.15, -0.1) is 0 Å². The van der Waals surface area contributed by atoms with Crippen LogP contribution in [0.3, 0.4) is 0 Å². The Morgan fingerprint density at radius 1 is 1.13 bits per heavy atom. The first-order chi connectivity index (χ1) is 14.6.